The molecule has 0 bridgehead atoms. The van der Waals surface area contributed by atoms with Gasteiger partial charge in [0, 0.05) is 27.8 Å². The molecule has 4 aromatic rings. The van der Waals surface area contributed by atoms with Crippen molar-refractivity contribution >= 4 is 34.5 Å². The normalized spacial score (nSPS) is 15.1. The van der Waals surface area contributed by atoms with Gasteiger partial charge < -0.3 is 15.4 Å². The zero-order valence-electron chi connectivity index (χ0n) is 22.2. The third-order valence-electron chi connectivity index (χ3n) is 7.82. The predicted octanol–water partition coefficient (Wildman–Crippen LogP) is 8.12. The largest absolute Gasteiger partial charge is 0.478 e. The van der Waals surface area contributed by atoms with Crippen LogP contribution in [0.4, 0.5) is 0 Å². The van der Waals surface area contributed by atoms with E-state index >= 15 is 0 Å². The number of aromatic amines is 1. The van der Waals surface area contributed by atoms with Gasteiger partial charge in [0.1, 0.15) is 5.82 Å². The molecule has 39 heavy (non-hydrogen) atoms. The molecule has 5 rings (SSSR count). The van der Waals surface area contributed by atoms with Crippen LogP contribution < -0.4 is 5.32 Å². The van der Waals surface area contributed by atoms with Gasteiger partial charge in [0.15, 0.2) is 0 Å². The average molecular weight is 544 g/mol. The minimum atomic E-state index is -1.12. The van der Waals surface area contributed by atoms with Gasteiger partial charge in [0.2, 0.25) is 0 Å². The maximum absolute atomic E-state index is 13.4. The van der Waals surface area contributed by atoms with Crippen LogP contribution in [0.1, 0.15) is 79.0 Å². The Morgan fingerprint density at radius 1 is 1.03 bits per heavy atom. The maximum atomic E-state index is 13.4. The van der Waals surface area contributed by atoms with Gasteiger partial charge in [0.05, 0.1) is 16.6 Å². The Labute approximate surface area is 233 Å². The SMILES string of the molecule is CCCC(NC(=O)c1ccc(-c2c(Cl)cccc2-c2nc3ccccc3[nH]2)c(C(=O)O)c1)C1CCCCCC1. The number of nitrogens with zero attached hydrogens (tertiary/aromatic N) is 1. The van der Waals surface area contributed by atoms with Gasteiger partial charge >= 0.3 is 5.97 Å². The van der Waals surface area contributed by atoms with Crippen LogP contribution in [-0.2, 0) is 0 Å². The Balaban J connectivity index is 1.50. The highest BCUT2D eigenvalue weighted by Crippen LogP contribution is 2.39. The smallest absolute Gasteiger partial charge is 0.336 e. The van der Waals surface area contributed by atoms with E-state index in [0.29, 0.717) is 39.0 Å². The van der Waals surface area contributed by atoms with Gasteiger partial charge in [-0.15, -0.1) is 0 Å². The molecule has 1 aliphatic carbocycles. The molecule has 3 aromatic carbocycles. The number of imidazole rings is 1. The van der Waals surface area contributed by atoms with Crippen LogP contribution in [0.3, 0.4) is 0 Å². The van der Waals surface area contributed by atoms with Crippen LogP contribution in [0.15, 0.2) is 60.7 Å². The molecule has 6 nitrogen and oxygen atoms in total. The number of halogens is 1. The summed E-state index contributed by atoms with van der Waals surface area (Å²) in [6.45, 7) is 2.14. The Bertz CT molecular complexity index is 1450. The first-order valence-corrected chi connectivity index (χ1v) is 14.3. The molecule has 1 aromatic heterocycles. The number of para-hydroxylation sites is 2. The van der Waals surface area contributed by atoms with Crippen LogP contribution >= 0.6 is 11.6 Å². The minimum Gasteiger partial charge on any atom is -0.478 e. The van der Waals surface area contributed by atoms with Gasteiger partial charge in [-0.2, -0.15) is 0 Å². The Morgan fingerprint density at radius 3 is 2.51 bits per heavy atom. The molecule has 1 amide bonds. The molecule has 1 saturated carbocycles. The number of H-pyrrole nitrogens is 1. The molecule has 1 aliphatic rings. The summed E-state index contributed by atoms with van der Waals surface area (Å²) in [5.41, 5.74) is 3.73. The fourth-order valence-electron chi connectivity index (χ4n) is 5.86. The lowest BCUT2D eigenvalue weighted by Gasteiger charge is -2.27. The van der Waals surface area contributed by atoms with E-state index in [1.54, 1.807) is 18.2 Å². The van der Waals surface area contributed by atoms with E-state index in [0.717, 1.165) is 36.7 Å². The number of rotatable bonds is 8. The Kier molecular flexibility index (Phi) is 8.32. The Hall–Kier alpha value is -3.64. The number of carbonyl (C=O) groups excluding carboxylic acids is 1. The van der Waals surface area contributed by atoms with Gasteiger partial charge in [0.25, 0.3) is 5.91 Å². The van der Waals surface area contributed by atoms with Crippen LogP contribution in [-0.4, -0.2) is 33.0 Å². The van der Waals surface area contributed by atoms with Gasteiger partial charge in [-0.3, -0.25) is 4.79 Å². The second-order valence-electron chi connectivity index (χ2n) is 10.5. The maximum Gasteiger partial charge on any atom is 0.336 e. The number of amides is 1. The number of fused-ring (bicyclic) bond motifs is 1. The summed E-state index contributed by atoms with van der Waals surface area (Å²) in [5, 5.41) is 13.9. The number of carbonyl (C=O) groups is 2. The van der Waals surface area contributed by atoms with E-state index in [1.807, 2.05) is 36.4 Å². The predicted molar refractivity (Wildman–Crippen MR) is 156 cm³/mol. The second kappa shape index (κ2) is 12.0. The first kappa shape index (κ1) is 26.9. The molecular weight excluding hydrogens is 510 g/mol. The minimum absolute atomic E-state index is 0.0228. The first-order valence-electron chi connectivity index (χ1n) is 13.9. The van der Waals surface area contributed by atoms with Crippen molar-refractivity contribution in [1.29, 1.82) is 0 Å². The molecule has 1 unspecified atom stereocenters. The zero-order chi connectivity index (χ0) is 27.4. The van der Waals surface area contributed by atoms with Crippen molar-refractivity contribution in [3.05, 3.63) is 76.8 Å². The van der Waals surface area contributed by atoms with Crippen molar-refractivity contribution in [2.45, 2.75) is 64.3 Å². The highest BCUT2D eigenvalue weighted by atomic mass is 35.5. The number of carboxylic acid groups (broad SMARTS) is 1. The Morgan fingerprint density at radius 2 is 1.79 bits per heavy atom. The topological polar surface area (TPSA) is 95.1 Å². The molecule has 0 saturated heterocycles. The van der Waals surface area contributed by atoms with Crippen LogP contribution in [0.5, 0.6) is 0 Å². The van der Waals surface area contributed by atoms with Crippen molar-refractivity contribution in [1.82, 2.24) is 15.3 Å². The summed E-state index contributed by atoms with van der Waals surface area (Å²) in [4.78, 5) is 33.9. The lowest BCUT2D eigenvalue weighted by Crippen LogP contribution is -2.40. The average Bonchev–Trinajstić information content (AvgIpc) is 3.18. The highest BCUT2D eigenvalue weighted by Gasteiger charge is 2.26. The fourth-order valence-corrected chi connectivity index (χ4v) is 6.13. The summed E-state index contributed by atoms with van der Waals surface area (Å²) >= 11 is 6.68. The number of benzene rings is 3. The first-order chi connectivity index (χ1) is 19.0. The van der Waals surface area contributed by atoms with Crippen molar-refractivity contribution < 1.29 is 14.7 Å². The summed E-state index contributed by atoms with van der Waals surface area (Å²) in [6.07, 6.45) is 9.06. The summed E-state index contributed by atoms with van der Waals surface area (Å²) in [7, 11) is 0. The van der Waals surface area contributed by atoms with E-state index in [2.05, 4.69) is 17.2 Å². The molecule has 0 radical (unpaired) electrons. The van der Waals surface area contributed by atoms with Crippen molar-refractivity contribution in [2.75, 3.05) is 0 Å². The van der Waals surface area contributed by atoms with Crippen molar-refractivity contribution in [2.24, 2.45) is 5.92 Å². The number of hydrogen-bond donors (Lipinski definition) is 3. The lowest BCUT2D eigenvalue weighted by atomic mass is 9.88. The fraction of sp³-hybridized carbons (Fsp3) is 0.344. The second-order valence-corrected chi connectivity index (χ2v) is 10.9. The molecule has 1 heterocycles. The van der Waals surface area contributed by atoms with E-state index in [9.17, 15) is 14.7 Å². The quantitative estimate of drug-likeness (QED) is 0.195. The molecule has 0 spiro atoms. The molecule has 1 fully saturated rings. The number of aromatic carboxylic acids is 1. The number of aromatic nitrogens is 2. The summed E-state index contributed by atoms with van der Waals surface area (Å²) in [5.74, 6) is -0.297. The van der Waals surface area contributed by atoms with Gasteiger partial charge in [-0.05, 0) is 61.1 Å². The summed E-state index contributed by atoms with van der Waals surface area (Å²) in [6, 6.07) is 18.1. The van der Waals surface area contributed by atoms with Crippen molar-refractivity contribution in [3.8, 4) is 22.5 Å². The van der Waals surface area contributed by atoms with E-state index in [-0.39, 0.29) is 17.5 Å². The lowest BCUT2D eigenvalue weighted by molar-refractivity contribution is 0.0697. The molecule has 1 atom stereocenters. The number of nitrogens with one attached hydrogen (secondary N) is 2. The van der Waals surface area contributed by atoms with E-state index in [1.165, 1.54) is 31.7 Å². The molecule has 3 N–H and O–H groups in total. The molecular formula is C32H34ClN3O3. The van der Waals surface area contributed by atoms with Crippen LogP contribution in [0, 0.1) is 5.92 Å². The standard InChI is InChI=1S/C32H34ClN3O3/c1-2-10-26(20-11-5-3-4-6-12-20)36-31(37)21-17-18-22(24(19-21)32(38)39)29-23(13-9-14-25(29)33)30-34-27-15-7-8-16-28(27)35-30/h7-9,13-20,26H,2-6,10-12H2,1H3,(H,34,35)(H,36,37)(H,38,39). The zero-order valence-corrected chi connectivity index (χ0v) is 22.9. The third-order valence-corrected chi connectivity index (χ3v) is 8.14. The van der Waals surface area contributed by atoms with Gasteiger partial charge in [-0.25, -0.2) is 9.78 Å². The monoisotopic (exact) mass is 543 g/mol. The third kappa shape index (κ3) is 5.86. The summed E-state index contributed by atoms with van der Waals surface area (Å²) < 4.78 is 0. The van der Waals surface area contributed by atoms with Crippen molar-refractivity contribution in [3.63, 3.8) is 0 Å². The molecule has 7 heteroatoms. The molecule has 0 aliphatic heterocycles. The number of hydrogen-bond acceptors (Lipinski definition) is 3. The highest BCUT2D eigenvalue weighted by molar-refractivity contribution is 6.34. The van der Waals surface area contributed by atoms with E-state index in [4.69, 9.17) is 16.6 Å². The van der Waals surface area contributed by atoms with Crippen LogP contribution in [0.2, 0.25) is 5.02 Å². The van der Waals surface area contributed by atoms with Crippen LogP contribution in [0.25, 0.3) is 33.5 Å². The number of carboxylic acids is 1. The molecule has 202 valence electrons. The van der Waals surface area contributed by atoms with Gasteiger partial charge in [-0.1, -0.05) is 81.0 Å². The van der Waals surface area contributed by atoms with E-state index < -0.39 is 5.97 Å².